The maximum Gasteiger partial charge on any atom is 0.303 e. The maximum atomic E-state index is 13.6. The fraction of sp³-hybridized carbons (Fsp3) is 0.419. The van der Waals surface area contributed by atoms with Gasteiger partial charge in [-0.25, -0.2) is 9.97 Å². The molecule has 0 saturated heterocycles. The van der Waals surface area contributed by atoms with Crippen molar-refractivity contribution < 1.29 is 19.8 Å². The van der Waals surface area contributed by atoms with E-state index in [9.17, 15) is 14.7 Å². The molecule has 2 aromatic carbocycles. The molecule has 2 heterocycles. The van der Waals surface area contributed by atoms with E-state index in [0.717, 1.165) is 40.8 Å². The topological polar surface area (TPSA) is 104 Å². The van der Waals surface area contributed by atoms with Gasteiger partial charge in [0.15, 0.2) is 5.82 Å². The normalized spacial score (nSPS) is 15.4. The minimum absolute atomic E-state index is 0.150. The van der Waals surface area contributed by atoms with Gasteiger partial charge in [0.25, 0.3) is 0 Å². The number of fused-ring (bicyclic) bond motifs is 1. The predicted octanol–water partition coefficient (Wildman–Crippen LogP) is 5.74. The summed E-state index contributed by atoms with van der Waals surface area (Å²) >= 11 is 0. The molecule has 38 heavy (non-hydrogen) atoms. The number of amides is 1. The third kappa shape index (κ3) is 6.27. The summed E-state index contributed by atoms with van der Waals surface area (Å²) < 4.78 is 0. The molecule has 0 aliphatic carbocycles. The lowest BCUT2D eigenvalue weighted by molar-refractivity contribution is -0.137. The first-order valence-corrected chi connectivity index (χ1v) is 13.3. The number of hydrogen-bond acceptors (Lipinski definition) is 5. The molecule has 1 aliphatic rings. The number of aliphatic hydroxyl groups is 1. The van der Waals surface area contributed by atoms with Crippen molar-refractivity contribution in [3.63, 3.8) is 0 Å². The number of hydrogen-bond donors (Lipinski definition) is 2. The van der Waals surface area contributed by atoms with Crippen LogP contribution in [0.25, 0.3) is 22.5 Å². The van der Waals surface area contributed by atoms with Crippen LogP contribution in [0.5, 0.6) is 0 Å². The third-order valence-corrected chi connectivity index (χ3v) is 7.19. The number of nitrogens with zero attached hydrogens (tertiary/aromatic N) is 3. The number of carboxylic acids is 1. The first-order chi connectivity index (χ1) is 18.0. The highest BCUT2D eigenvalue weighted by Crippen LogP contribution is 2.38. The highest BCUT2D eigenvalue weighted by molar-refractivity contribution is 5.98. The number of carbonyl (C=O) groups excluding carboxylic acids is 1. The zero-order valence-corrected chi connectivity index (χ0v) is 22.7. The molecule has 0 spiro atoms. The van der Waals surface area contributed by atoms with Crippen LogP contribution < -0.4 is 4.90 Å². The monoisotopic (exact) mass is 515 g/mol. The van der Waals surface area contributed by atoms with Crippen LogP contribution >= 0.6 is 0 Å². The number of carboxylic acid groups (broad SMARTS) is 1. The van der Waals surface area contributed by atoms with E-state index in [1.807, 2.05) is 50.2 Å². The van der Waals surface area contributed by atoms with Crippen LogP contribution in [0.2, 0.25) is 0 Å². The second kappa shape index (κ2) is 11.4. The number of benzene rings is 2. The molecule has 4 rings (SSSR count). The SMILES string of the molecule is Cc1ccc(-c2nc3c(nc2-c2ccc(C)cc2)N(CCCCCCC(=O)O)C(=O)[C@@H](C(C)(C)O)C3)cc1. The molecule has 1 amide bonds. The molecule has 2 N–H and O–H groups in total. The Morgan fingerprint density at radius 1 is 0.895 bits per heavy atom. The lowest BCUT2D eigenvalue weighted by Gasteiger charge is -2.38. The first kappa shape index (κ1) is 27.5. The highest BCUT2D eigenvalue weighted by atomic mass is 16.4. The highest BCUT2D eigenvalue weighted by Gasteiger charge is 2.42. The lowest BCUT2D eigenvalue weighted by Crippen LogP contribution is -2.50. The fourth-order valence-corrected chi connectivity index (χ4v) is 4.88. The second-order valence-electron chi connectivity index (χ2n) is 10.9. The average Bonchev–Trinajstić information content (AvgIpc) is 2.86. The summed E-state index contributed by atoms with van der Waals surface area (Å²) in [7, 11) is 0. The molecule has 0 fully saturated rings. The van der Waals surface area contributed by atoms with Gasteiger partial charge in [0.05, 0.1) is 28.6 Å². The van der Waals surface area contributed by atoms with Crippen molar-refractivity contribution >= 4 is 17.7 Å². The number of anilines is 1. The summed E-state index contributed by atoms with van der Waals surface area (Å²) in [5.74, 6) is -1.02. The van der Waals surface area contributed by atoms with Crippen LogP contribution in [0.1, 0.15) is 62.8 Å². The Morgan fingerprint density at radius 2 is 1.42 bits per heavy atom. The van der Waals surface area contributed by atoms with E-state index in [4.69, 9.17) is 15.1 Å². The van der Waals surface area contributed by atoms with Crippen molar-refractivity contribution in [2.45, 2.75) is 71.8 Å². The molecule has 200 valence electrons. The van der Waals surface area contributed by atoms with Gasteiger partial charge in [-0.15, -0.1) is 0 Å². The van der Waals surface area contributed by atoms with Gasteiger partial charge >= 0.3 is 5.97 Å². The predicted molar refractivity (Wildman–Crippen MR) is 149 cm³/mol. The van der Waals surface area contributed by atoms with Crippen LogP contribution in [0.4, 0.5) is 5.82 Å². The average molecular weight is 516 g/mol. The fourth-order valence-electron chi connectivity index (χ4n) is 4.88. The van der Waals surface area contributed by atoms with Crippen molar-refractivity contribution in [1.29, 1.82) is 0 Å². The van der Waals surface area contributed by atoms with Crippen LogP contribution in [-0.2, 0) is 16.0 Å². The molecule has 1 aromatic heterocycles. The molecular formula is C31H37N3O4. The zero-order chi connectivity index (χ0) is 27.4. The number of aliphatic carboxylic acids is 1. The quantitative estimate of drug-likeness (QED) is 0.334. The molecule has 0 bridgehead atoms. The van der Waals surface area contributed by atoms with E-state index in [1.54, 1.807) is 18.7 Å². The Morgan fingerprint density at radius 3 is 1.95 bits per heavy atom. The molecule has 0 saturated carbocycles. The van der Waals surface area contributed by atoms with Crippen molar-refractivity contribution in [2.75, 3.05) is 11.4 Å². The Hall–Kier alpha value is -3.58. The minimum Gasteiger partial charge on any atom is -0.481 e. The lowest BCUT2D eigenvalue weighted by atomic mass is 9.83. The molecule has 3 aromatic rings. The van der Waals surface area contributed by atoms with Gasteiger partial charge in [0.2, 0.25) is 5.91 Å². The molecule has 1 aliphatic heterocycles. The van der Waals surface area contributed by atoms with E-state index in [1.165, 1.54) is 0 Å². The van der Waals surface area contributed by atoms with Crippen molar-refractivity contribution in [3.8, 4) is 22.5 Å². The first-order valence-electron chi connectivity index (χ1n) is 13.3. The van der Waals surface area contributed by atoms with Gasteiger partial charge in [-0.1, -0.05) is 72.5 Å². The van der Waals surface area contributed by atoms with Crippen LogP contribution in [0.15, 0.2) is 48.5 Å². The third-order valence-electron chi connectivity index (χ3n) is 7.19. The summed E-state index contributed by atoms with van der Waals surface area (Å²) in [6.07, 6.45) is 3.38. The van der Waals surface area contributed by atoms with Gasteiger partial charge in [-0.2, -0.15) is 0 Å². The molecule has 0 unspecified atom stereocenters. The molecule has 0 radical (unpaired) electrons. The summed E-state index contributed by atoms with van der Waals surface area (Å²) in [4.78, 5) is 36.3. The number of aryl methyl sites for hydroxylation is 2. The van der Waals surface area contributed by atoms with Crippen molar-refractivity contribution in [3.05, 3.63) is 65.4 Å². The van der Waals surface area contributed by atoms with Crippen LogP contribution in [0.3, 0.4) is 0 Å². The van der Waals surface area contributed by atoms with Crippen molar-refractivity contribution in [2.24, 2.45) is 5.92 Å². The zero-order valence-electron chi connectivity index (χ0n) is 22.7. The Labute approximate surface area is 224 Å². The van der Waals surface area contributed by atoms with E-state index in [2.05, 4.69) is 12.1 Å². The smallest absolute Gasteiger partial charge is 0.303 e. The number of unbranched alkanes of at least 4 members (excludes halogenated alkanes) is 3. The van der Waals surface area contributed by atoms with Crippen molar-refractivity contribution in [1.82, 2.24) is 9.97 Å². The number of aromatic nitrogens is 2. The standard InChI is InChI=1S/C31H37N3O4/c1-20-10-14-22(15-11-20)27-28(23-16-12-21(2)13-17-23)33-29-25(32-27)19-24(31(3,4)38)30(37)34(29)18-8-6-5-7-9-26(35)36/h10-17,24,38H,5-9,18-19H2,1-4H3,(H,35,36)/t24-/m0/s1. The summed E-state index contributed by atoms with van der Waals surface area (Å²) in [6, 6.07) is 16.3. The molecule has 7 heteroatoms. The van der Waals surface area contributed by atoms with Crippen LogP contribution in [-0.4, -0.2) is 44.2 Å². The second-order valence-corrected chi connectivity index (χ2v) is 10.9. The van der Waals surface area contributed by atoms with E-state index >= 15 is 0 Å². The maximum absolute atomic E-state index is 13.6. The largest absolute Gasteiger partial charge is 0.481 e. The van der Waals surface area contributed by atoms with Gasteiger partial charge in [-0.3, -0.25) is 14.5 Å². The number of carbonyl (C=O) groups is 2. The van der Waals surface area contributed by atoms with Gasteiger partial charge in [-0.05, 0) is 40.5 Å². The molecular weight excluding hydrogens is 478 g/mol. The Bertz CT molecular complexity index is 1290. The minimum atomic E-state index is -1.21. The Balaban J connectivity index is 1.76. The number of rotatable bonds is 10. The van der Waals surface area contributed by atoms with Crippen LogP contribution in [0, 0.1) is 19.8 Å². The van der Waals surface area contributed by atoms with Gasteiger partial charge in [0.1, 0.15) is 0 Å². The summed E-state index contributed by atoms with van der Waals surface area (Å²) in [6.45, 7) is 7.86. The summed E-state index contributed by atoms with van der Waals surface area (Å²) in [5.41, 5.74) is 5.13. The van der Waals surface area contributed by atoms with Gasteiger partial charge in [0, 0.05) is 30.5 Å². The van der Waals surface area contributed by atoms with Gasteiger partial charge < -0.3 is 10.2 Å². The van der Waals surface area contributed by atoms with E-state index in [-0.39, 0.29) is 12.3 Å². The van der Waals surface area contributed by atoms with E-state index in [0.29, 0.717) is 43.0 Å². The summed E-state index contributed by atoms with van der Waals surface area (Å²) in [5, 5.41) is 19.8. The van der Waals surface area contributed by atoms with E-state index < -0.39 is 17.5 Å². The molecule has 7 nitrogen and oxygen atoms in total. The molecule has 1 atom stereocenters. The Kier molecular flexibility index (Phi) is 8.26.